The number of rotatable bonds is 7. The minimum atomic E-state index is -0.430. The van der Waals surface area contributed by atoms with Crippen LogP contribution >= 0.6 is 0 Å². The number of cyclic esters (lactones) is 1. The van der Waals surface area contributed by atoms with E-state index in [0.29, 0.717) is 18.5 Å². The van der Waals surface area contributed by atoms with Gasteiger partial charge in [0.2, 0.25) is 11.9 Å². The molecule has 2 aromatic carbocycles. The van der Waals surface area contributed by atoms with E-state index in [1.165, 1.54) is 11.2 Å². The van der Waals surface area contributed by atoms with Crippen LogP contribution in [-0.4, -0.2) is 33.7 Å². The molecule has 0 saturated carbocycles. The Labute approximate surface area is 174 Å². The molecule has 2 atom stereocenters. The van der Waals surface area contributed by atoms with Crippen molar-refractivity contribution in [1.29, 1.82) is 0 Å². The maximum absolute atomic E-state index is 12.0. The molecule has 1 unspecified atom stereocenters. The minimum Gasteiger partial charge on any atom is -0.457 e. The third kappa shape index (κ3) is 4.32. The number of amides is 1. The van der Waals surface area contributed by atoms with Gasteiger partial charge in [0, 0.05) is 0 Å². The summed E-state index contributed by atoms with van der Waals surface area (Å²) in [5.74, 6) is 2.24. The third-order valence-electron chi connectivity index (χ3n) is 4.91. The Morgan fingerprint density at radius 1 is 1.13 bits per heavy atom. The highest BCUT2D eigenvalue weighted by molar-refractivity contribution is 5.88. The first kappa shape index (κ1) is 19.6. The highest BCUT2D eigenvalue weighted by Crippen LogP contribution is 2.25. The normalized spacial score (nSPS) is 16.8. The average Bonchev–Trinajstić information content (AvgIpc) is 3.15. The summed E-state index contributed by atoms with van der Waals surface area (Å²) in [6, 6.07) is 17.3. The zero-order chi connectivity index (χ0) is 20.9. The Morgan fingerprint density at radius 3 is 2.60 bits per heavy atom. The molecule has 0 radical (unpaired) electrons. The van der Waals surface area contributed by atoms with Crippen LogP contribution in [0, 0.1) is 0 Å². The molecule has 1 N–H and O–H groups in total. The second-order valence-corrected chi connectivity index (χ2v) is 6.97. The van der Waals surface area contributed by atoms with Crippen molar-refractivity contribution in [2.45, 2.75) is 32.4 Å². The van der Waals surface area contributed by atoms with Crippen LogP contribution in [0.4, 0.5) is 16.7 Å². The molecule has 8 nitrogen and oxygen atoms in total. The van der Waals surface area contributed by atoms with Crippen LogP contribution in [0.5, 0.6) is 11.5 Å². The fourth-order valence-corrected chi connectivity index (χ4v) is 3.21. The largest absolute Gasteiger partial charge is 0.457 e. The van der Waals surface area contributed by atoms with Crippen molar-refractivity contribution < 1.29 is 14.3 Å². The molecule has 1 amide bonds. The lowest BCUT2D eigenvalue weighted by Gasteiger charge is -2.19. The van der Waals surface area contributed by atoms with Crippen LogP contribution < -0.4 is 15.0 Å². The predicted octanol–water partition coefficient (Wildman–Crippen LogP) is 4.57. The summed E-state index contributed by atoms with van der Waals surface area (Å²) in [6.07, 6.45) is 1.72. The number of nitrogens with one attached hydrogen (secondary N) is 1. The van der Waals surface area contributed by atoms with E-state index in [1.807, 2.05) is 68.4 Å². The number of nitrogens with zero attached hydrogens (tertiary/aromatic N) is 4. The molecule has 0 spiro atoms. The molecule has 30 heavy (non-hydrogen) atoms. The van der Waals surface area contributed by atoms with E-state index in [1.54, 1.807) is 0 Å². The smallest absolute Gasteiger partial charge is 0.417 e. The summed E-state index contributed by atoms with van der Waals surface area (Å²) in [5, 5.41) is 3.26. The molecule has 0 aliphatic carbocycles. The van der Waals surface area contributed by atoms with Gasteiger partial charge in [-0.05, 0) is 43.2 Å². The quantitative estimate of drug-likeness (QED) is 0.616. The Hall–Kier alpha value is -3.68. The standard InChI is InChI=1S/C22H23N5O3/c1-3-17-13-29-22(28)27(17)21-24-14-23-20(26-21)25-15(2)16-9-11-19(12-10-16)30-18-7-5-4-6-8-18/h4-12,14-15,17H,3,13H2,1-2H3,(H,23,24,25,26)/t15-,17?/m0/s1. The van der Waals surface area contributed by atoms with Crippen LogP contribution in [0.3, 0.4) is 0 Å². The topological polar surface area (TPSA) is 89.5 Å². The van der Waals surface area contributed by atoms with E-state index in [4.69, 9.17) is 9.47 Å². The minimum absolute atomic E-state index is 0.0569. The fourth-order valence-electron chi connectivity index (χ4n) is 3.21. The van der Waals surface area contributed by atoms with Crippen LogP contribution in [-0.2, 0) is 4.74 Å². The molecule has 8 heteroatoms. The van der Waals surface area contributed by atoms with Crippen molar-refractivity contribution >= 4 is 18.0 Å². The van der Waals surface area contributed by atoms with E-state index < -0.39 is 6.09 Å². The summed E-state index contributed by atoms with van der Waals surface area (Å²) < 4.78 is 11.0. The molecule has 0 bridgehead atoms. The first-order valence-electron chi connectivity index (χ1n) is 9.88. The van der Waals surface area contributed by atoms with Gasteiger partial charge < -0.3 is 14.8 Å². The van der Waals surface area contributed by atoms with Gasteiger partial charge >= 0.3 is 6.09 Å². The number of hydrogen-bond acceptors (Lipinski definition) is 7. The van der Waals surface area contributed by atoms with Crippen LogP contribution in [0.1, 0.15) is 31.9 Å². The summed E-state index contributed by atoms with van der Waals surface area (Å²) in [4.78, 5) is 26.3. The van der Waals surface area contributed by atoms with Crippen LogP contribution in [0.2, 0.25) is 0 Å². The van der Waals surface area contributed by atoms with E-state index in [-0.39, 0.29) is 12.1 Å². The molecule has 1 saturated heterocycles. The van der Waals surface area contributed by atoms with Crippen molar-refractivity contribution in [2.24, 2.45) is 0 Å². The van der Waals surface area contributed by atoms with Crippen LogP contribution in [0.15, 0.2) is 60.9 Å². The Bertz CT molecular complexity index is 997. The van der Waals surface area contributed by atoms with Crippen molar-refractivity contribution in [2.75, 3.05) is 16.8 Å². The van der Waals surface area contributed by atoms with Gasteiger partial charge in [0.15, 0.2) is 0 Å². The highest BCUT2D eigenvalue weighted by atomic mass is 16.6. The van der Waals surface area contributed by atoms with E-state index in [0.717, 1.165) is 23.5 Å². The van der Waals surface area contributed by atoms with Crippen molar-refractivity contribution in [3.05, 3.63) is 66.5 Å². The number of carbonyl (C=O) groups excluding carboxylic acids is 1. The lowest BCUT2D eigenvalue weighted by Crippen LogP contribution is -2.34. The fraction of sp³-hybridized carbons (Fsp3) is 0.273. The number of ether oxygens (including phenoxy) is 2. The highest BCUT2D eigenvalue weighted by Gasteiger charge is 2.35. The number of benzene rings is 2. The number of hydrogen-bond donors (Lipinski definition) is 1. The summed E-state index contributed by atoms with van der Waals surface area (Å²) >= 11 is 0. The number of carbonyl (C=O) groups is 1. The lowest BCUT2D eigenvalue weighted by molar-refractivity contribution is 0.178. The average molecular weight is 405 g/mol. The number of para-hydroxylation sites is 1. The molecule has 4 rings (SSSR count). The van der Waals surface area contributed by atoms with Gasteiger partial charge in [0.1, 0.15) is 24.4 Å². The first-order valence-corrected chi connectivity index (χ1v) is 9.88. The molecule has 1 fully saturated rings. The Kier molecular flexibility index (Phi) is 5.74. The van der Waals surface area contributed by atoms with E-state index >= 15 is 0 Å². The molecular weight excluding hydrogens is 382 g/mol. The monoisotopic (exact) mass is 405 g/mol. The van der Waals surface area contributed by atoms with Crippen molar-refractivity contribution in [3.8, 4) is 11.5 Å². The Balaban J connectivity index is 1.44. The van der Waals surface area contributed by atoms with Crippen LogP contribution in [0.25, 0.3) is 0 Å². The maximum Gasteiger partial charge on any atom is 0.417 e. The Morgan fingerprint density at radius 2 is 1.87 bits per heavy atom. The summed E-state index contributed by atoms with van der Waals surface area (Å²) in [5.41, 5.74) is 1.05. The molecule has 1 aliphatic rings. The number of aromatic nitrogens is 3. The summed E-state index contributed by atoms with van der Waals surface area (Å²) in [7, 11) is 0. The van der Waals surface area contributed by atoms with Gasteiger partial charge in [0.25, 0.3) is 0 Å². The second-order valence-electron chi connectivity index (χ2n) is 6.97. The van der Waals surface area contributed by atoms with Gasteiger partial charge in [-0.15, -0.1) is 0 Å². The van der Waals surface area contributed by atoms with Gasteiger partial charge in [-0.3, -0.25) is 0 Å². The lowest BCUT2D eigenvalue weighted by atomic mass is 10.1. The van der Waals surface area contributed by atoms with E-state index in [2.05, 4.69) is 20.3 Å². The van der Waals surface area contributed by atoms with Gasteiger partial charge in [0.05, 0.1) is 12.1 Å². The molecular formula is C22H23N5O3. The maximum atomic E-state index is 12.0. The SMILES string of the molecule is CCC1COC(=O)N1c1ncnc(N[C@@H](C)c2ccc(Oc3ccccc3)cc2)n1. The van der Waals surface area contributed by atoms with Crippen molar-refractivity contribution in [1.82, 2.24) is 15.0 Å². The third-order valence-corrected chi connectivity index (χ3v) is 4.91. The second kappa shape index (κ2) is 8.77. The molecule has 2 heterocycles. The molecule has 154 valence electrons. The summed E-state index contributed by atoms with van der Waals surface area (Å²) in [6.45, 7) is 4.35. The van der Waals surface area contributed by atoms with Gasteiger partial charge in [-0.25, -0.2) is 19.7 Å². The zero-order valence-electron chi connectivity index (χ0n) is 16.9. The van der Waals surface area contributed by atoms with Gasteiger partial charge in [-0.2, -0.15) is 4.98 Å². The number of anilines is 2. The molecule has 1 aliphatic heterocycles. The van der Waals surface area contributed by atoms with Gasteiger partial charge in [-0.1, -0.05) is 37.3 Å². The van der Waals surface area contributed by atoms with E-state index in [9.17, 15) is 4.79 Å². The zero-order valence-corrected chi connectivity index (χ0v) is 16.9. The van der Waals surface area contributed by atoms with Crippen molar-refractivity contribution in [3.63, 3.8) is 0 Å². The molecule has 3 aromatic rings. The predicted molar refractivity (Wildman–Crippen MR) is 113 cm³/mol. The molecule has 1 aromatic heterocycles. The first-order chi connectivity index (χ1) is 14.6.